The Morgan fingerprint density at radius 1 is 1.20 bits per heavy atom. The Morgan fingerprint density at radius 2 is 1.96 bits per heavy atom. The Morgan fingerprint density at radius 3 is 2.64 bits per heavy atom. The van der Waals surface area contributed by atoms with Gasteiger partial charge in [0.25, 0.3) is 0 Å². The minimum absolute atomic E-state index is 0.0212. The zero-order valence-electron chi connectivity index (χ0n) is 14.7. The van der Waals surface area contributed by atoms with E-state index in [4.69, 9.17) is 19.9 Å². The minimum Gasteiger partial charge on any atom is -0.493 e. The van der Waals surface area contributed by atoms with Gasteiger partial charge in [-0.3, -0.25) is 9.80 Å². The summed E-state index contributed by atoms with van der Waals surface area (Å²) in [5.41, 5.74) is 9.04. The van der Waals surface area contributed by atoms with Crippen LogP contribution in [-0.4, -0.2) is 68.4 Å². The summed E-state index contributed by atoms with van der Waals surface area (Å²) in [6.07, 6.45) is 1.54. The lowest BCUT2D eigenvalue weighted by atomic mass is 9.83. The van der Waals surface area contributed by atoms with Crippen molar-refractivity contribution in [3.63, 3.8) is 0 Å². The first-order chi connectivity index (χ1) is 12.1. The van der Waals surface area contributed by atoms with Gasteiger partial charge in [-0.05, 0) is 36.1 Å². The Labute approximate surface area is 147 Å². The summed E-state index contributed by atoms with van der Waals surface area (Å²) in [5.74, 6) is 1.52. The smallest absolute Gasteiger partial charge is 0.410 e. The number of fused-ring (bicyclic) bond motifs is 3. The highest BCUT2D eigenvalue weighted by Gasteiger charge is 2.43. The van der Waals surface area contributed by atoms with Crippen LogP contribution in [0.3, 0.4) is 0 Å². The molecule has 0 aliphatic carbocycles. The molecule has 0 unspecified atom stereocenters. The minimum atomic E-state index is -0.234. The first kappa shape index (κ1) is 16.5. The number of methoxy groups -OCH3 is 2. The van der Waals surface area contributed by atoms with Crippen LogP contribution in [0.25, 0.3) is 0 Å². The molecule has 0 radical (unpaired) electrons. The van der Waals surface area contributed by atoms with Crippen LogP contribution in [0, 0.1) is 0 Å². The number of rotatable bonds is 3. The molecule has 2 N–H and O–H groups in total. The van der Waals surface area contributed by atoms with Crippen molar-refractivity contribution in [3.05, 3.63) is 23.3 Å². The van der Waals surface area contributed by atoms with Gasteiger partial charge in [0.05, 0.1) is 26.8 Å². The summed E-state index contributed by atoms with van der Waals surface area (Å²) in [6, 6.07) is 4.38. The van der Waals surface area contributed by atoms with Gasteiger partial charge in [0, 0.05) is 25.2 Å². The largest absolute Gasteiger partial charge is 0.493 e. The average Bonchev–Trinajstić information content (AvgIpc) is 3.05. The second-order valence-corrected chi connectivity index (χ2v) is 6.94. The number of hydrogen-bond donors (Lipinski definition) is 1. The van der Waals surface area contributed by atoms with Gasteiger partial charge in [-0.2, -0.15) is 0 Å². The zero-order valence-corrected chi connectivity index (χ0v) is 14.7. The molecule has 0 aromatic heterocycles. The molecule has 1 amide bonds. The van der Waals surface area contributed by atoms with Crippen molar-refractivity contribution in [2.45, 2.75) is 31.0 Å². The Hall–Kier alpha value is -1.99. The van der Waals surface area contributed by atoms with Crippen LogP contribution in [0.2, 0.25) is 0 Å². The molecule has 0 spiro atoms. The lowest BCUT2D eigenvalue weighted by Gasteiger charge is -2.48. The summed E-state index contributed by atoms with van der Waals surface area (Å²) in [7, 11) is 3.32. The van der Waals surface area contributed by atoms with Gasteiger partial charge in [-0.15, -0.1) is 0 Å². The second-order valence-electron chi connectivity index (χ2n) is 6.94. The van der Waals surface area contributed by atoms with Crippen LogP contribution in [0.4, 0.5) is 4.79 Å². The van der Waals surface area contributed by atoms with Crippen molar-refractivity contribution in [1.82, 2.24) is 9.80 Å². The molecule has 7 heteroatoms. The SMILES string of the molecule is COc1cc2c(cc1OC)[C@@H]1C[C@H](N)[C@@H](N3CCOC3=O)CN1CC2. The van der Waals surface area contributed by atoms with E-state index in [1.807, 2.05) is 0 Å². The van der Waals surface area contributed by atoms with Crippen LogP contribution in [0.5, 0.6) is 11.5 Å². The summed E-state index contributed by atoms with van der Waals surface area (Å²) < 4.78 is 16.0. The number of carbonyl (C=O) groups excluding carboxylic acids is 1. The highest BCUT2D eigenvalue weighted by Crippen LogP contribution is 2.42. The molecule has 2 fully saturated rings. The number of cyclic esters (lactones) is 1. The lowest BCUT2D eigenvalue weighted by Crippen LogP contribution is -2.60. The maximum Gasteiger partial charge on any atom is 0.410 e. The van der Waals surface area contributed by atoms with E-state index in [9.17, 15) is 4.79 Å². The van der Waals surface area contributed by atoms with E-state index in [0.717, 1.165) is 37.4 Å². The van der Waals surface area contributed by atoms with Gasteiger partial charge >= 0.3 is 6.09 Å². The molecule has 0 bridgehead atoms. The third-order valence-electron chi connectivity index (χ3n) is 5.72. The number of ether oxygens (including phenoxy) is 3. The zero-order chi connectivity index (χ0) is 17.6. The van der Waals surface area contributed by atoms with E-state index < -0.39 is 0 Å². The van der Waals surface area contributed by atoms with E-state index in [1.165, 1.54) is 11.1 Å². The van der Waals surface area contributed by atoms with Gasteiger partial charge in [0.2, 0.25) is 0 Å². The van der Waals surface area contributed by atoms with E-state index >= 15 is 0 Å². The summed E-state index contributed by atoms with van der Waals surface area (Å²) in [4.78, 5) is 16.2. The standard InChI is InChI=1S/C18H25N3O4/c1-23-16-7-11-3-4-20-10-15(21-5-6-25-18(21)22)13(19)9-14(20)12(11)8-17(16)24-2/h7-8,13-15H,3-6,9-10,19H2,1-2H3/t13-,14-,15-/m0/s1. The van der Waals surface area contributed by atoms with Crippen LogP contribution >= 0.6 is 0 Å². The van der Waals surface area contributed by atoms with E-state index in [2.05, 4.69) is 17.0 Å². The fraction of sp³-hybridized carbons (Fsp3) is 0.611. The van der Waals surface area contributed by atoms with Gasteiger partial charge in [-0.25, -0.2) is 4.79 Å². The fourth-order valence-electron chi connectivity index (χ4n) is 4.40. The van der Waals surface area contributed by atoms with Gasteiger partial charge < -0.3 is 19.9 Å². The normalized spacial score (nSPS) is 29.0. The van der Waals surface area contributed by atoms with Crippen LogP contribution < -0.4 is 15.2 Å². The molecule has 0 saturated carbocycles. The first-order valence-electron chi connectivity index (χ1n) is 8.80. The Balaban J connectivity index is 1.61. The average molecular weight is 347 g/mol. The summed E-state index contributed by atoms with van der Waals surface area (Å²) >= 11 is 0. The van der Waals surface area contributed by atoms with Gasteiger partial charge in [0.15, 0.2) is 11.5 Å². The van der Waals surface area contributed by atoms with Crippen LogP contribution in [-0.2, 0) is 11.2 Å². The Bertz CT molecular complexity index is 681. The molecule has 3 atom stereocenters. The van der Waals surface area contributed by atoms with Crippen LogP contribution in [0.1, 0.15) is 23.6 Å². The molecule has 136 valence electrons. The molecule has 3 heterocycles. The number of benzene rings is 1. The predicted octanol–water partition coefficient (Wildman–Crippen LogP) is 1.15. The van der Waals surface area contributed by atoms with Crippen molar-refractivity contribution < 1.29 is 19.0 Å². The van der Waals surface area contributed by atoms with Crippen molar-refractivity contribution in [3.8, 4) is 11.5 Å². The highest BCUT2D eigenvalue weighted by atomic mass is 16.6. The first-order valence-corrected chi connectivity index (χ1v) is 8.80. The number of hydrogen-bond acceptors (Lipinski definition) is 6. The Kier molecular flexibility index (Phi) is 4.21. The molecular weight excluding hydrogens is 322 g/mol. The monoisotopic (exact) mass is 347 g/mol. The molecule has 4 rings (SSSR count). The van der Waals surface area contributed by atoms with Gasteiger partial charge in [0.1, 0.15) is 6.61 Å². The third kappa shape index (κ3) is 2.71. The topological polar surface area (TPSA) is 77.3 Å². The molecule has 25 heavy (non-hydrogen) atoms. The van der Waals surface area contributed by atoms with Crippen molar-refractivity contribution >= 4 is 6.09 Å². The maximum atomic E-state index is 11.9. The summed E-state index contributed by atoms with van der Waals surface area (Å²) in [6.45, 7) is 2.84. The molecule has 2 saturated heterocycles. The van der Waals surface area contributed by atoms with Crippen molar-refractivity contribution in [1.29, 1.82) is 0 Å². The molecule has 3 aliphatic heterocycles. The molecular formula is C18H25N3O4. The molecule has 3 aliphatic rings. The quantitative estimate of drug-likeness (QED) is 0.884. The van der Waals surface area contributed by atoms with Gasteiger partial charge in [-0.1, -0.05) is 0 Å². The van der Waals surface area contributed by atoms with E-state index in [0.29, 0.717) is 13.2 Å². The highest BCUT2D eigenvalue weighted by molar-refractivity contribution is 5.70. The maximum absolute atomic E-state index is 11.9. The fourth-order valence-corrected chi connectivity index (χ4v) is 4.40. The number of carbonyl (C=O) groups is 1. The number of piperidine rings is 1. The number of nitrogens with zero attached hydrogens (tertiary/aromatic N) is 2. The van der Waals surface area contributed by atoms with E-state index in [-0.39, 0.29) is 24.2 Å². The molecule has 7 nitrogen and oxygen atoms in total. The molecule has 1 aromatic carbocycles. The number of amides is 1. The van der Waals surface area contributed by atoms with Crippen LogP contribution in [0.15, 0.2) is 12.1 Å². The van der Waals surface area contributed by atoms with Crippen molar-refractivity contribution in [2.24, 2.45) is 5.73 Å². The lowest BCUT2D eigenvalue weighted by molar-refractivity contribution is 0.0567. The second kappa shape index (κ2) is 6.38. The number of nitrogens with two attached hydrogens (primary N) is 1. The third-order valence-corrected chi connectivity index (χ3v) is 5.72. The van der Waals surface area contributed by atoms with E-state index in [1.54, 1.807) is 19.1 Å². The summed E-state index contributed by atoms with van der Waals surface area (Å²) in [5, 5.41) is 0. The predicted molar refractivity (Wildman–Crippen MR) is 92.0 cm³/mol. The molecule has 1 aromatic rings. The van der Waals surface area contributed by atoms with Crippen molar-refractivity contribution in [2.75, 3.05) is 40.5 Å².